The van der Waals surface area contributed by atoms with Crippen LogP contribution in [0.15, 0.2) is 53.6 Å². The first-order valence-electron chi connectivity index (χ1n) is 8.23. The molecule has 0 aliphatic carbocycles. The van der Waals surface area contributed by atoms with Gasteiger partial charge in [0.15, 0.2) is 0 Å². The number of halogens is 2. The van der Waals surface area contributed by atoms with Gasteiger partial charge in [-0.2, -0.15) is 5.10 Å². The number of likely N-dealkylation sites (tertiary alicyclic amines) is 1. The second-order valence-electron chi connectivity index (χ2n) is 6.39. The summed E-state index contributed by atoms with van der Waals surface area (Å²) in [6.45, 7) is 1.25. The van der Waals surface area contributed by atoms with E-state index in [4.69, 9.17) is 0 Å². The minimum absolute atomic E-state index is 0.226. The van der Waals surface area contributed by atoms with Crippen molar-refractivity contribution in [1.29, 1.82) is 0 Å². The lowest BCUT2D eigenvalue weighted by Crippen LogP contribution is -2.52. The Morgan fingerprint density at radius 2 is 1.68 bits per heavy atom. The molecule has 1 atom stereocenters. The van der Waals surface area contributed by atoms with Crippen molar-refractivity contribution in [3.8, 4) is 0 Å². The third-order valence-electron chi connectivity index (χ3n) is 4.72. The molecule has 0 spiro atoms. The Balaban J connectivity index is 1.46. The molecule has 128 valence electrons. The summed E-state index contributed by atoms with van der Waals surface area (Å²) in [5, 5.41) is 5.45. The summed E-state index contributed by atoms with van der Waals surface area (Å²) in [4.78, 5) is 14.4. The van der Waals surface area contributed by atoms with E-state index in [-0.39, 0.29) is 6.03 Å². The van der Waals surface area contributed by atoms with Crippen LogP contribution in [-0.4, -0.2) is 35.2 Å². The number of hydrogen-bond acceptors (Lipinski definition) is 2. The lowest BCUT2D eigenvalue weighted by molar-refractivity contribution is 0.105. The molecule has 0 bridgehead atoms. The number of benzene rings is 2. The first-order valence-corrected chi connectivity index (χ1v) is 8.23. The van der Waals surface area contributed by atoms with Crippen molar-refractivity contribution in [2.75, 3.05) is 13.1 Å². The second-order valence-corrected chi connectivity index (χ2v) is 6.39. The second kappa shape index (κ2) is 6.27. The van der Waals surface area contributed by atoms with Gasteiger partial charge in [-0.1, -0.05) is 30.3 Å². The predicted octanol–water partition coefficient (Wildman–Crippen LogP) is 3.92. The van der Waals surface area contributed by atoms with Crippen molar-refractivity contribution in [3.05, 3.63) is 71.3 Å². The van der Waals surface area contributed by atoms with Crippen molar-refractivity contribution < 1.29 is 13.6 Å². The molecule has 0 radical (unpaired) electrons. The maximum absolute atomic E-state index is 13.5. The van der Waals surface area contributed by atoms with E-state index in [0.29, 0.717) is 31.0 Å². The number of carbonyl (C=O) groups excluding carboxylic acids is 1. The highest BCUT2D eigenvalue weighted by molar-refractivity contribution is 5.79. The summed E-state index contributed by atoms with van der Waals surface area (Å²) >= 11 is 0. The van der Waals surface area contributed by atoms with E-state index in [0.717, 1.165) is 6.07 Å². The highest BCUT2D eigenvalue weighted by atomic mass is 19.1. The molecule has 2 aromatic carbocycles. The maximum Gasteiger partial charge on any atom is 0.341 e. The maximum atomic E-state index is 13.5. The number of amides is 2. The van der Waals surface area contributed by atoms with Gasteiger partial charge >= 0.3 is 6.03 Å². The summed E-state index contributed by atoms with van der Waals surface area (Å²) in [6, 6.07) is 12.7. The van der Waals surface area contributed by atoms with E-state index >= 15 is 0 Å². The SMILES string of the molecule is O=C(N1CC(c2ccccc2)C1)N1N=CC[C@H]1c1cc(F)cc(F)c1. The summed E-state index contributed by atoms with van der Waals surface area (Å²) in [5.41, 5.74) is 1.63. The summed E-state index contributed by atoms with van der Waals surface area (Å²) in [5.74, 6) is -0.980. The van der Waals surface area contributed by atoms with Crippen molar-refractivity contribution in [2.45, 2.75) is 18.4 Å². The third-order valence-corrected chi connectivity index (χ3v) is 4.72. The van der Waals surface area contributed by atoms with Crippen LogP contribution >= 0.6 is 0 Å². The standard InChI is InChI=1S/C19H17F2N3O/c20-16-8-14(9-17(21)10-16)18-6-7-22-24(18)19(25)23-11-15(12-23)13-4-2-1-3-5-13/h1-5,7-10,15,18H,6,11-12H2/t18-/m0/s1. The van der Waals surface area contributed by atoms with Gasteiger partial charge in [0.05, 0.1) is 6.04 Å². The van der Waals surface area contributed by atoms with Crippen molar-refractivity contribution in [2.24, 2.45) is 5.10 Å². The zero-order chi connectivity index (χ0) is 17.4. The molecule has 0 saturated carbocycles. The van der Waals surface area contributed by atoms with Crippen LogP contribution in [0.25, 0.3) is 0 Å². The van der Waals surface area contributed by atoms with Crippen LogP contribution in [0, 0.1) is 11.6 Å². The number of urea groups is 1. The molecule has 0 aromatic heterocycles. The number of rotatable bonds is 2. The molecule has 6 heteroatoms. The number of hydrazone groups is 1. The Hall–Kier alpha value is -2.76. The predicted molar refractivity (Wildman–Crippen MR) is 90.2 cm³/mol. The quantitative estimate of drug-likeness (QED) is 0.816. The molecule has 2 aliphatic rings. The zero-order valence-electron chi connectivity index (χ0n) is 13.5. The molecule has 2 aliphatic heterocycles. The van der Waals surface area contributed by atoms with Gasteiger partial charge in [-0.25, -0.2) is 18.6 Å². The molecule has 2 amide bonds. The molecule has 2 heterocycles. The van der Waals surface area contributed by atoms with Crippen molar-refractivity contribution >= 4 is 12.2 Å². The number of hydrogen-bond donors (Lipinski definition) is 0. The Labute approximate surface area is 144 Å². The van der Waals surface area contributed by atoms with E-state index in [9.17, 15) is 13.6 Å². The van der Waals surface area contributed by atoms with Crippen LogP contribution in [-0.2, 0) is 0 Å². The molecule has 0 unspecified atom stereocenters. The Bertz CT molecular complexity index is 798. The monoisotopic (exact) mass is 341 g/mol. The molecular formula is C19H17F2N3O. The highest BCUT2D eigenvalue weighted by Gasteiger charge is 2.38. The normalized spacial score (nSPS) is 20.0. The average molecular weight is 341 g/mol. The van der Waals surface area contributed by atoms with Gasteiger partial charge in [0.2, 0.25) is 0 Å². The lowest BCUT2D eigenvalue weighted by atomic mass is 9.92. The van der Waals surface area contributed by atoms with Gasteiger partial charge < -0.3 is 4.90 Å². The Morgan fingerprint density at radius 1 is 1.00 bits per heavy atom. The van der Waals surface area contributed by atoms with Crippen LogP contribution in [0.2, 0.25) is 0 Å². The molecule has 0 N–H and O–H groups in total. The van der Waals surface area contributed by atoms with Gasteiger partial charge in [-0.15, -0.1) is 0 Å². The minimum Gasteiger partial charge on any atom is -0.322 e. The van der Waals surface area contributed by atoms with Crippen LogP contribution in [0.4, 0.5) is 13.6 Å². The fourth-order valence-electron chi connectivity index (χ4n) is 3.36. The van der Waals surface area contributed by atoms with Gasteiger partial charge in [-0.3, -0.25) is 0 Å². The number of carbonyl (C=O) groups is 1. The molecule has 25 heavy (non-hydrogen) atoms. The molecule has 1 fully saturated rings. The fraction of sp³-hybridized carbons (Fsp3) is 0.263. The van der Waals surface area contributed by atoms with Crippen LogP contribution in [0.3, 0.4) is 0 Å². The van der Waals surface area contributed by atoms with Crippen LogP contribution in [0.1, 0.15) is 29.5 Å². The van der Waals surface area contributed by atoms with Gasteiger partial charge in [-0.05, 0) is 23.3 Å². The minimum atomic E-state index is -0.651. The van der Waals surface area contributed by atoms with E-state index in [1.54, 1.807) is 11.1 Å². The Morgan fingerprint density at radius 3 is 2.36 bits per heavy atom. The Kier molecular flexibility index (Phi) is 3.95. The molecule has 4 rings (SSSR count). The van der Waals surface area contributed by atoms with Gasteiger partial charge in [0.25, 0.3) is 0 Å². The van der Waals surface area contributed by atoms with Crippen molar-refractivity contribution in [3.63, 3.8) is 0 Å². The van der Waals surface area contributed by atoms with E-state index in [1.165, 1.54) is 22.7 Å². The molecule has 4 nitrogen and oxygen atoms in total. The summed E-state index contributed by atoms with van der Waals surface area (Å²) in [6.07, 6.45) is 2.06. The number of nitrogens with zero attached hydrogens (tertiary/aromatic N) is 3. The van der Waals surface area contributed by atoms with Crippen LogP contribution in [0.5, 0.6) is 0 Å². The molecule has 1 saturated heterocycles. The largest absolute Gasteiger partial charge is 0.341 e. The fourth-order valence-corrected chi connectivity index (χ4v) is 3.36. The van der Waals surface area contributed by atoms with Crippen molar-refractivity contribution in [1.82, 2.24) is 9.91 Å². The topological polar surface area (TPSA) is 35.9 Å². The van der Waals surface area contributed by atoms with Gasteiger partial charge in [0.1, 0.15) is 11.6 Å². The lowest BCUT2D eigenvalue weighted by Gasteiger charge is -2.41. The molecular weight excluding hydrogens is 324 g/mol. The summed E-state index contributed by atoms with van der Waals surface area (Å²) < 4.78 is 27.0. The first-order chi connectivity index (χ1) is 12.1. The van der Waals surface area contributed by atoms with E-state index in [1.807, 2.05) is 18.2 Å². The van der Waals surface area contributed by atoms with E-state index in [2.05, 4.69) is 17.2 Å². The zero-order valence-corrected chi connectivity index (χ0v) is 13.5. The average Bonchev–Trinajstić information content (AvgIpc) is 3.03. The molecule has 2 aromatic rings. The third kappa shape index (κ3) is 2.99. The highest BCUT2D eigenvalue weighted by Crippen LogP contribution is 2.33. The van der Waals surface area contributed by atoms with E-state index < -0.39 is 17.7 Å². The van der Waals surface area contributed by atoms with Gasteiger partial charge in [0, 0.05) is 37.7 Å². The smallest absolute Gasteiger partial charge is 0.322 e. The first kappa shape index (κ1) is 15.7. The summed E-state index contributed by atoms with van der Waals surface area (Å²) in [7, 11) is 0. The van der Waals surface area contributed by atoms with Crippen LogP contribution < -0.4 is 0 Å².